The highest BCUT2D eigenvalue weighted by Gasteiger charge is 2.30. The van der Waals surface area contributed by atoms with Crippen molar-refractivity contribution in [2.24, 2.45) is 7.05 Å². The van der Waals surface area contributed by atoms with Crippen molar-refractivity contribution in [3.8, 4) is 0 Å². The Morgan fingerprint density at radius 1 is 1.22 bits per heavy atom. The number of carbonyl (C=O) groups excluding carboxylic acids is 1. The molecule has 1 aromatic heterocycles. The fourth-order valence-electron chi connectivity index (χ4n) is 3.39. The Labute approximate surface area is 138 Å². The van der Waals surface area contributed by atoms with Gasteiger partial charge in [-0.3, -0.25) is 4.90 Å². The van der Waals surface area contributed by atoms with Gasteiger partial charge in [-0.2, -0.15) is 0 Å². The van der Waals surface area contributed by atoms with Crippen LogP contribution in [0.1, 0.15) is 54.9 Å². The predicted octanol–water partition coefficient (Wildman–Crippen LogP) is 3.78. The normalized spacial score (nSPS) is 15.2. The number of carbonyl (C=O) groups is 1. The van der Waals surface area contributed by atoms with Gasteiger partial charge in [0.1, 0.15) is 0 Å². The van der Waals surface area contributed by atoms with Crippen LogP contribution < -0.4 is 0 Å². The maximum Gasteiger partial charge on any atom is 0.340 e. The molecule has 124 valence electrons. The average molecular weight is 314 g/mol. The van der Waals surface area contributed by atoms with Gasteiger partial charge in [0, 0.05) is 42.3 Å². The second-order valence-electron chi connectivity index (χ2n) is 7.40. The second-order valence-corrected chi connectivity index (χ2v) is 7.40. The lowest BCUT2D eigenvalue weighted by Crippen LogP contribution is -2.36. The van der Waals surface area contributed by atoms with Gasteiger partial charge < -0.3 is 9.30 Å². The van der Waals surface area contributed by atoms with Crippen LogP contribution in [0.2, 0.25) is 0 Å². The standard InChI is InChI=1S/C19H26N2O2/c1-7-23-18(22)17-12(2)20(6)16-9-14-11-21(19(3,4)5)10-13(14)8-15(16)17/h8-9H,7,10-11H2,1-6H3. The van der Waals surface area contributed by atoms with Crippen molar-refractivity contribution in [3.05, 3.63) is 34.5 Å². The fraction of sp³-hybridized carbons (Fsp3) is 0.526. The zero-order valence-electron chi connectivity index (χ0n) is 15.0. The number of nitrogens with zero attached hydrogens (tertiary/aromatic N) is 2. The summed E-state index contributed by atoms with van der Waals surface area (Å²) >= 11 is 0. The van der Waals surface area contributed by atoms with Crippen molar-refractivity contribution in [2.45, 2.75) is 53.2 Å². The summed E-state index contributed by atoms with van der Waals surface area (Å²) in [7, 11) is 2.02. The van der Waals surface area contributed by atoms with Crippen LogP contribution >= 0.6 is 0 Å². The molecule has 0 radical (unpaired) electrons. The summed E-state index contributed by atoms with van der Waals surface area (Å²) in [6.45, 7) is 12.9. The first-order valence-corrected chi connectivity index (χ1v) is 8.27. The lowest BCUT2D eigenvalue weighted by molar-refractivity contribution is 0.0527. The van der Waals surface area contributed by atoms with E-state index < -0.39 is 0 Å². The van der Waals surface area contributed by atoms with Gasteiger partial charge in [0.2, 0.25) is 0 Å². The summed E-state index contributed by atoms with van der Waals surface area (Å²) in [4.78, 5) is 14.8. The maximum absolute atomic E-state index is 12.4. The van der Waals surface area contributed by atoms with Crippen LogP contribution in [0, 0.1) is 6.92 Å². The highest BCUT2D eigenvalue weighted by Crippen LogP contribution is 2.35. The Balaban J connectivity index is 2.13. The van der Waals surface area contributed by atoms with Gasteiger partial charge in [-0.1, -0.05) is 0 Å². The van der Waals surface area contributed by atoms with Gasteiger partial charge in [-0.25, -0.2) is 4.79 Å². The van der Waals surface area contributed by atoms with Gasteiger partial charge in [-0.05, 0) is 57.9 Å². The summed E-state index contributed by atoms with van der Waals surface area (Å²) in [5.41, 5.74) is 5.62. The molecule has 1 aromatic carbocycles. The molecular weight excluding hydrogens is 288 g/mol. The average Bonchev–Trinajstić information content (AvgIpc) is 2.98. The molecule has 0 N–H and O–H groups in total. The topological polar surface area (TPSA) is 34.5 Å². The molecule has 1 aliphatic rings. The number of hydrogen-bond acceptors (Lipinski definition) is 3. The number of fused-ring (bicyclic) bond motifs is 2. The first-order valence-electron chi connectivity index (χ1n) is 8.27. The van der Waals surface area contributed by atoms with Crippen LogP contribution in [0.4, 0.5) is 0 Å². The monoisotopic (exact) mass is 314 g/mol. The lowest BCUT2D eigenvalue weighted by atomic mass is 10.0. The third-order valence-electron chi connectivity index (χ3n) is 4.96. The minimum absolute atomic E-state index is 0.144. The lowest BCUT2D eigenvalue weighted by Gasteiger charge is -2.31. The highest BCUT2D eigenvalue weighted by atomic mass is 16.5. The Bertz CT molecular complexity index is 781. The number of benzene rings is 1. The molecule has 2 aromatic rings. The van der Waals surface area contributed by atoms with E-state index in [1.54, 1.807) is 0 Å². The number of esters is 1. The number of aryl methyl sites for hydroxylation is 1. The summed E-state index contributed by atoms with van der Waals surface area (Å²) in [6, 6.07) is 4.43. The van der Waals surface area contributed by atoms with E-state index in [0.29, 0.717) is 12.2 Å². The van der Waals surface area contributed by atoms with Crippen molar-refractivity contribution in [3.63, 3.8) is 0 Å². The first-order chi connectivity index (χ1) is 10.7. The van der Waals surface area contributed by atoms with E-state index in [-0.39, 0.29) is 11.5 Å². The molecule has 2 heterocycles. The van der Waals surface area contributed by atoms with E-state index in [1.807, 2.05) is 20.9 Å². The molecule has 0 atom stereocenters. The predicted molar refractivity (Wildman–Crippen MR) is 92.6 cm³/mol. The van der Waals surface area contributed by atoms with Crippen molar-refractivity contribution in [2.75, 3.05) is 6.61 Å². The van der Waals surface area contributed by atoms with Crippen molar-refractivity contribution in [1.29, 1.82) is 0 Å². The molecule has 0 unspecified atom stereocenters. The molecule has 4 nitrogen and oxygen atoms in total. The first kappa shape index (κ1) is 16.1. The third kappa shape index (κ3) is 2.55. The minimum Gasteiger partial charge on any atom is -0.462 e. The number of rotatable bonds is 2. The van der Waals surface area contributed by atoms with Crippen molar-refractivity contribution in [1.82, 2.24) is 9.47 Å². The van der Waals surface area contributed by atoms with E-state index in [9.17, 15) is 4.79 Å². The molecule has 4 heteroatoms. The van der Waals surface area contributed by atoms with Gasteiger partial charge >= 0.3 is 5.97 Å². The molecule has 0 fully saturated rings. The largest absolute Gasteiger partial charge is 0.462 e. The Hall–Kier alpha value is -1.81. The number of hydrogen-bond donors (Lipinski definition) is 0. The molecule has 1 aliphatic heterocycles. The van der Waals surface area contributed by atoms with Crippen molar-refractivity contribution < 1.29 is 9.53 Å². The van der Waals surface area contributed by atoms with Crippen LogP contribution in [0.25, 0.3) is 10.9 Å². The highest BCUT2D eigenvalue weighted by molar-refractivity contribution is 6.06. The third-order valence-corrected chi connectivity index (χ3v) is 4.96. The van der Waals surface area contributed by atoms with E-state index in [0.717, 1.165) is 29.7 Å². The van der Waals surface area contributed by atoms with Crippen LogP contribution in [-0.4, -0.2) is 27.6 Å². The summed E-state index contributed by atoms with van der Waals surface area (Å²) in [5, 5.41) is 1.01. The van der Waals surface area contributed by atoms with Gasteiger partial charge in [0.05, 0.1) is 12.2 Å². The molecule has 0 saturated carbocycles. The van der Waals surface area contributed by atoms with Gasteiger partial charge in [-0.15, -0.1) is 0 Å². The van der Waals surface area contributed by atoms with Crippen LogP contribution in [-0.2, 0) is 24.9 Å². The molecule has 3 rings (SSSR count). The summed E-state index contributed by atoms with van der Waals surface area (Å²) < 4.78 is 7.36. The zero-order valence-corrected chi connectivity index (χ0v) is 15.0. The quantitative estimate of drug-likeness (QED) is 0.791. The maximum atomic E-state index is 12.4. The fourth-order valence-corrected chi connectivity index (χ4v) is 3.39. The van der Waals surface area contributed by atoms with E-state index in [1.165, 1.54) is 11.1 Å². The smallest absolute Gasteiger partial charge is 0.340 e. The molecular formula is C19H26N2O2. The Morgan fingerprint density at radius 2 is 1.83 bits per heavy atom. The second kappa shape index (κ2) is 5.38. The summed E-state index contributed by atoms with van der Waals surface area (Å²) in [5.74, 6) is -0.221. The number of ether oxygens (including phenoxy) is 1. The number of aromatic nitrogens is 1. The molecule has 0 amide bonds. The van der Waals surface area contributed by atoms with Crippen LogP contribution in [0.3, 0.4) is 0 Å². The Kier molecular flexibility index (Phi) is 3.75. The molecule has 0 spiro atoms. The molecule has 0 saturated heterocycles. The molecule has 23 heavy (non-hydrogen) atoms. The summed E-state index contributed by atoms with van der Waals surface area (Å²) in [6.07, 6.45) is 0. The minimum atomic E-state index is -0.221. The zero-order chi connectivity index (χ0) is 16.9. The van der Waals surface area contributed by atoms with E-state index >= 15 is 0 Å². The molecule has 0 bridgehead atoms. The van der Waals surface area contributed by atoms with Gasteiger partial charge in [0.25, 0.3) is 0 Å². The van der Waals surface area contributed by atoms with Crippen LogP contribution in [0.15, 0.2) is 12.1 Å². The molecule has 0 aliphatic carbocycles. The van der Waals surface area contributed by atoms with E-state index in [4.69, 9.17) is 4.74 Å². The van der Waals surface area contributed by atoms with Crippen LogP contribution in [0.5, 0.6) is 0 Å². The Morgan fingerprint density at radius 3 is 2.39 bits per heavy atom. The van der Waals surface area contributed by atoms with Crippen molar-refractivity contribution >= 4 is 16.9 Å². The van der Waals surface area contributed by atoms with E-state index in [2.05, 4.69) is 42.4 Å². The van der Waals surface area contributed by atoms with Gasteiger partial charge in [0.15, 0.2) is 0 Å². The SMILES string of the molecule is CCOC(=O)c1c(C)n(C)c2cc3c(cc12)CN(C(C)(C)C)C3.